The van der Waals surface area contributed by atoms with Gasteiger partial charge >= 0.3 is 0 Å². The zero-order valence-electron chi connectivity index (χ0n) is 10.4. The summed E-state index contributed by atoms with van der Waals surface area (Å²) in [6.45, 7) is 0.905. The van der Waals surface area contributed by atoms with Crippen LogP contribution in [0.2, 0.25) is 0 Å². The number of nitrogens with zero attached hydrogens (tertiary/aromatic N) is 1. The third kappa shape index (κ3) is 2.23. The highest BCUT2D eigenvalue weighted by Crippen LogP contribution is 2.49. The van der Waals surface area contributed by atoms with Gasteiger partial charge in [-0.15, -0.1) is 0 Å². The second kappa shape index (κ2) is 4.56. The van der Waals surface area contributed by atoms with Gasteiger partial charge in [-0.3, -0.25) is 4.79 Å². The van der Waals surface area contributed by atoms with E-state index in [4.69, 9.17) is 0 Å². The van der Waals surface area contributed by atoms with E-state index in [1.54, 1.807) is 4.90 Å². The maximum Gasteiger partial charge on any atom is 0.226 e. The van der Waals surface area contributed by atoms with Crippen molar-refractivity contribution < 1.29 is 18.7 Å². The molecule has 1 aliphatic carbocycles. The molecule has 1 N–H and O–H groups in total. The minimum absolute atomic E-state index is 0.0507. The smallest absolute Gasteiger partial charge is 0.226 e. The third-order valence-electron chi connectivity index (χ3n) is 3.96. The molecule has 5 heteroatoms. The van der Waals surface area contributed by atoms with Crippen molar-refractivity contribution in [1.29, 1.82) is 0 Å². The predicted molar refractivity (Wildman–Crippen MR) is 64.4 cm³/mol. The number of aliphatic hydroxyl groups excluding tert-OH is 1. The molecular formula is C14H15F2NO2. The lowest BCUT2D eigenvalue weighted by molar-refractivity contribution is -0.131. The van der Waals surface area contributed by atoms with Crippen molar-refractivity contribution in [3.63, 3.8) is 0 Å². The molecule has 102 valence electrons. The summed E-state index contributed by atoms with van der Waals surface area (Å²) in [6, 6.07) is 4.08. The van der Waals surface area contributed by atoms with Crippen molar-refractivity contribution in [2.75, 3.05) is 13.1 Å². The first-order valence-corrected chi connectivity index (χ1v) is 6.48. The summed E-state index contributed by atoms with van der Waals surface area (Å²) in [4.78, 5) is 13.7. The van der Waals surface area contributed by atoms with Gasteiger partial charge < -0.3 is 10.0 Å². The molecule has 2 fully saturated rings. The van der Waals surface area contributed by atoms with Gasteiger partial charge in [-0.25, -0.2) is 8.78 Å². The highest BCUT2D eigenvalue weighted by Gasteiger charge is 2.48. The second-order valence-corrected chi connectivity index (χ2v) is 5.32. The fourth-order valence-corrected chi connectivity index (χ4v) is 2.79. The van der Waals surface area contributed by atoms with E-state index in [0.717, 1.165) is 6.07 Å². The van der Waals surface area contributed by atoms with E-state index in [9.17, 15) is 18.7 Å². The molecule has 1 aromatic rings. The van der Waals surface area contributed by atoms with E-state index in [0.29, 0.717) is 25.9 Å². The van der Waals surface area contributed by atoms with Gasteiger partial charge in [0.2, 0.25) is 5.91 Å². The van der Waals surface area contributed by atoms with Crippen LogP contribution in [-0.2, 0) is 4.79 Å². The Hall–Kier alpha value is -1.49. The molecule has 2 unspecified atom stereocenters. The van der Waals surface area contributed by atoms with E-state index >= 15 is 0 Å². The number of hydrogen-bond donors (Lipinski definition) is 1. The summed E-state index contributed by atoms with van der Waals surface area (Å²) in [6.07, 6.45) is 0.704. The normalized spacial score (nSPS) is 29.6. The van der Waals surface area contributed by atoms with E-state index in [1.165, 1.54) is 12.1 Å². The highest BCUT2D eigenvalue weighted by molar-refractivity contribution is 5.83. The molecule has 3 nitrogen and oxygen atoms in total. The van der Waals surface area contributed by atoms with Gasteiger partial charge in [-0.2, -0.15) is 0 Å². The van der Waals surface area contributed by atoms with Crippen LogP contribution in [0.25, 0.3) is 0 Å². The predicted octanol–water partition coefficient (Wildman–Crippen LogP) is 1.66. The van der Waals surface area contributed by atoms with Crippen molar-refractivity contribution in [3.8, 4) is 0 Å². The standard InChI is InChI=1S/C14H15F2NO2/c15-12-3-1-2-9(13(12)16)10-6-11(10)14(19)17-5-4-8(18)7-17/h1-3,8,10-11,18H,4-7H2/t8-,10?,11?/m1/s1. The van der Waals surface area contributed by atoms with Crippen LogP contribution in [0.15, 0.2) is 18.2 Å². The lowest BCUT2D eigenvalue weighted by Gasteiger charge is -2.15. The van der Waals surface area contributed by atoms with Crippen LogP contribution in [0.3, 0.4) is 0 Å². The summed E-state index contributed by atoms with van der Waals surface area (Å²) in [5.41, 5.74) is 0.290. The van der Waals surface area contributed by atoms with Crippen LogP contribution in [0.1, 0.15) is 24.3 Å². The summed E-state index contributed by atoms with van der Waals surface area (Å²) < 4.78 is 26.8. The Balaban J connectivity index is 1.71. The Morgan fingerprint density at radius 2 is 2.16 bits per heavy atom. The number of halogens is 2. The van der Waals surface area contributed by atoms with Crippen LogP contribution in [-0.4, -0.2) is 35.1 Å². The molecule has 2 aliphatic rings. The van der Waals surface area contributed by atoms with Gasteiger partial charge in [0.25, 0.3) is 0 Å². The number of aliphatic hydroxyl groups is 1. The molecule has 1 saturated carbocycles. The highest BCUT2D eigenvalue weighted by atomic mass is 19.2. The molecule has 0 bridgehead atoms. The molecule has 1 amide bonds. The molecule has 1 saturated heterocycles. The fraction of sp³-hybridized carbons (Fsp3) is 0.500. The quantitative estimate of drug-likeness (QED) is 0.885. The molecule has 0 radical (unpaired) electrons. The lowest BCUT2D eigenvalue weighted by Crippen LogP contribution is -2.31. The zero-order chi connectivity index (χ0) is 13.6. The van der Waals surface area contributed by atoms with Gasteiger partial charge in [0.05, 0.1) is 6.10 Å². The minimum Gasteiger partial charge on any atom is -0.391 e. The molecular weight excluding hydrogens is 252 g/mol. The van der Waals surface area contributed by atoms with E-state index < -0.39 is 17.7 Å². The number of likely N-dealkylation sites (tertiary alicyclic amines) is 1. The topological polar surface area (TPSA) is 40.5 Å². The Labute approximate surface area is 109 Å². The first-order chi connectivity index (χ1) is 9.08. The molecule has 3 atom stereocenters. The van der Waals surface area contributed by atoms with Crippen LogP contribution in [0, 0.1) is 17.6 Å². The molecule has 3 rings (SSSR count). The van der Waals surface area contributed by atoms with Gasteiger partial charge in [-0.05, 0) is 30.4 Å². The Morgan fingerprint density at radius 3 is 2.84 bits per heavy atom. The number of amides is 1. The summed E-state index contributed by atoms with van der Waals surface area (Å²) in [7, 11) is 0. The average Bonchev–Trinajstić information content (AvgIpc) is 3.06. The third-order valence-corrected chi connectivity index (χ3v) is 3.96. The number of β-amino-alcohol motifs (C(OH)–C–C–N with tert-alkyl or cyclic N) is 1. The Bertz CT molecular complexity index is 520. The SMILES string of the molecule is O=C(C1CC1c1cccc(F)c1F)N1CC[C@@H](O)C1. The average molecular weight is 267 g/mol. The van der Waals surface area contributed by atoms with Gasteiger partial charge in [0.1, 0.15) is 0 Å². The van der Waals surface area contributed by atoms with Gasteiger partial charge in [0.15, 0.2) is 11.6 Å². The Morgan fingerprint density at radius 1 is 1.37 bits per heavy atom. The fourth-order valence-electron chi connectivity index (χ4n) is 2.79. The number of rotatable bonds is 2. The van der Waals surface area contributed by atoms with Crippen molar-refractivity contribution in [3.05, 3.63) is 35.4 Å². The van der Waals surface area contributed by atoms with E-state index in [1.807, 2.05) is 0 Å². The first kappa shape index (κ1) is 12.5. The van der Waals surface area contributed by atoms with Crippen LogP contribution >= 0.6 is 0 Å². The minimum atomic E-state index is -0.868. The summed E-state index contributed by atoms with van der Waals surface area (Å²) in [5, 5.41) is 9.41. The molecule has 0 aromatic heterocycles. The van der Waals surface area contributed by atoms with Crippen LogP contribution in [0.5, 0.6) is 0 Å². The zero-order valence-corrected chi connectivity index (χ0v) is 10.4. The van der Waals surface area contributed by atoms with Crippen molar-refractivity contribution >= 4 is 5.91 Å². The lowest BCUT2D eigenvalue weighted by atomic mass is 10.1. The summed E-state index contributed by atoms with van der Waals surface area (Å²) in [5.74, 6) is -2.25. The van der Waals surface area contributed by atoms with Gasteiger partial charge in [-0.1, -0.05) is 12.1 Å². The number of benzene rings is 1. The molecule has 1 heterocycles. The Kier molecular flexibility index (Phi) is 3.01. The molecule has 0 spiro atoms. The summed E-state index contributed by atoms with van der Waals surface area (Å²) >= 11 is 0. The maximum absolute atomic E-state index is 13.6. The van der Waals surface area contributed by atoms with Crippen molar-refractivity contribution in [2.24, 2.45) is 5.92 Å². The molecule has 1 aliphatic heterocycles. The van der Waals surface area contributed by atoms with Crippen LogP contribution < -0.4 is 0 Å². The monoisotopic (exact) mass is 267 g/mol. The number of hydrogen-bond acceptors (Lipinski definition) is 2. The second-order valence-electron chi connectivity index (χ2n) is 5.32. The molecule has 19 heavy (non-hydrogen) atoms. The molecule has 1 aromatic carbocycles. The number of carbonyl (C=O) groups is 1. The van der Waals surface area contributed by atoms with E-state index in [-0.39, 0.29) is 23.3 Å². The van der Waals surface area contributed by atoms with Gasteiger partial charge in [0, 0.05) is 19.0 Å². The van der Waals surface area contributed by atoms with Crippen molar-refractivity contribution in [2.45, 2.75) is 24.9 Å². The van der Waals surface area contributed by atoms with Crippen LogP contribution in [0.4, 0.5) is 8.78 Å². The first-order valence-electron chi connectivity index (χ1n) is 6.48. The maximum atomic E-state index is 13.6. The number of carbonyl (C=O) groups excluding carboxylic acids is 1. The largest absolute Gasteiger partial charge is 0.391 e. The van der Waals surface area contributed by atoms with E-state index in [2.05, 4.69) is 0 Å². The van der Waals surface area contributed by atoms with Crippen molar-refractivity contribution in [1.82, 2.24) is 4.90 Å².